The Morgan fingerprint density at radius 2 is 1.92 bits per heavy atom. The summed E-state index contributed by atoms with van der Waals surface area (Å²) in [6.45, 7) is 2.21. The lowest BCUT2D eigenvalue weighted by Crippen LogP contribution is -2.31. The van der Waals surface area contributed by atoms with Crippen LogP contribution in [0.1, 0.15) is 53.8 Å². The van der Waals surface area contributed by atoms with Gasteiger partial charge in [0.15, 0.2) is 0 Å². The van der Waals surface area contributed by atoms with Gasteiger partial charge < -0.3 is 10.4 Å². The van der Waals surface area contributed by atoms with Gasteiger partial charge in [-0.15, -0.1) is 0 Å². The predicted octanol–water partition coefficient (Wildman–Crippen LogP) is 3.54. The molecular formula is C27H30N4O4S. The van der Waals surface area contributed by atoms with Gasteiger partial charge in [-0.3, -0.25) is 9.78 Å². The van der Waals surface area contributed by atoms with E-state index in [4.69, 9.17) is 4.98 Å². The van der Waals surface area contributed by atoms with Crippen LogP contribution in [0.3, 0.4) is 0 Å². The fourth-order valence-corrected chi connectivity index (χ4v) is 6.03. The molecule has 1 aromatic carbocycles. The maximum atomic E-state index is 13.0. The lowest BCUT2D eigenvalue weighted by molar-refractivity contribution is 0.0946. The molecule has 1 fully saturated rings. The second-order valence-corrected chi connectivity index (χ2v) is 11.6. The van der Waals surface area contributed by atoms with Crippen LogP contribution in [0, 0.1) is 5.92 Å². The van der Waals surface area contributed by atoms with Crippen molar-refractivity contribution in [2.75, 3.05) is 18.9 Å². The smallest absolute Gasteiger partial charge is 0.269 e. The quantitative estimate of drug-likeness (QED) is 0.459. The SMILES string of the molecule is CCS(=O)(=O)N1Cc2cc(C(=O)NCC3CC3)nc(-c3cccc(-c4cccnc4)c3)c2[C@H]1CCO. The molecule has 3 aromatic rings. The van der Waals surface area contributed by atoms with E-state index in [1.54, 1.807) is 25.4 Å². The molecule has 1 aliphatic carbocycles. The zero-order valence-corrected chi connectivity index (χ0v) is 21.0. The number of aromatic nitrogens is 2. The van der Waals surface area contributed by atoms with Gasteiger partial charge in [0.05, 0.1) is 17.5 Å². The Labute approximate surface area is 211 Å². The van der Waals surface area contributed by atoms with E-state index in [2.05, 4.69) is 10.3 Å². The van der Waals surface area contributed by atoms with Gasteiger partial charge in [0.2, 0.25) is 10.0 Å². The second-order valence-electron chi connectivity index (χ2n) is 9.38. The molecule has 0 unspecified atom stereocenters. The molecule has 5 rings (SSSR count). The number of amides is 1. The fourth-order valence-electron chi connectivity index (χ4n) is 4.77. The first-order valence-corrected chi connectivity index (χ1v) is 14.0. The number of pyridine rings is 2. The summed E-state index contributed by atoms with van der Waals surface area (Å²) >= 11 is 0. The van der Waals surface area contributed by atoms with Crippen molar-refractivity contribution in [1.29, 1.82) is 0 Å². The molecule has 1 saturated carbocycles. The molecule has 2 N–H and O–H groups in total. The van der Waals surface area contributed by atoms with Crippen LogP contribution in [-0.2, 0) is 16.6 Å². The third kappa shape index (κ3) is 4.91. The van der Waals surface area contributed by atoms with Crippen LogP contribution in [0.5, 0.6) is 0 Å². The topological polar surface area (TPSA) is 112 Å². The molecule has 2 aliphatic rings. The molecule has 0 spiro atoms. The summed E-state index contributed by atoms with van der Waals surface area (Å²) in [4.78, 5) is 22.0. The van der Waals surface area contributed by atoms with Crippen molar-refractivity contribution in [3.8, 4) is 22.4 Å². The number of aliphatic hydroxyl groups is 1. The van der Waals surface area contributed by atoms with Crippen molar-refractivity contribution < 1.29 is 18.3 Å². The zero-order chi connectivity index (χ0) is 25.3. The molecule has 1 amide bonds. The standard InChI is InChI=1S/C27H30N4O4S/c1-2-36(34,35)31-17-22-14-23(27(33)29-15-18-8-9-18)30-26(25(22)24(31)10-12-32)20-6-3-5-19(13-20)21-7-4-11-28-16-21/h3-7,11,13-14,16,18,24,32H,2,8-10,12,15,17H2,1H3,(H,29,33)/t24-/m1/s1. The number of nitrogens with one attached hydrogen (secondary N) is 1. The molecule has 188 valence electrons. The first-order chi connectivity index (χ1) is 17.4. The highest BCUT2D eigenvalue weighted by Crippen LogP contribution is 2.43. The number of aliphatic hydroxyl groups excluding tert-OH is 1. The minimum Gasteiger partial charge on any atom is -0.396 e. The number of benzene rings is 1. The molecule has 1 atom stereocenters. The van der Waals surface area contributed by atoms with Crippen molar-refractivity contribution in [3.05, 3.63) is 71.7 Å². The molecule has 9 heteroatoms. The number of carbonyl (C=O) groups is 1. The third-order valence-corrected chi connectivity index (χ3v) is 8.72. The summed E-state index contributed by atoms with van der Waals surface area (Å²) in [5, 5.41) is 12.8. The van der Waals surface area contributed by atoms with Gasteiger partial charge in [-0.25, -0.2) is 13.4 Å². The first kappa shape index (κ1) is 24.5. The lowest BCUT2D eigenvalue weighted by atomic mass is 9.94. The van der Waals surface area contributed by atoms with E-state index in [-0.39, 0.29) is 36.9 Å². The molecule has 36 heavy (non-hydrogen) atoms. The fraction of sp³-hybridized carbons (Fsp3) is 0.370. The van der Waals surface area contributed by atoms with Crippen LogP contribution in [0.15, 0.2) is 54.9 Å². The van der Waals surface area contributed by atoms with Crippen molar-refractivity contribution in [3.63, 3.8) is 0 Å². The van der Waals surface area contributed by atoms with Gasteiger partial charge in [-0.05, 0) is 61.4 Å². The van der Waals surface area contributed by atoms with E-state index in [0.717, 1.165) is 40.7 Å². The summed E-state index contributed by atoms with van der Waals surface area (Å²) in [5.41, 5.74) is 5.01. The van der Waals surface area contributed by atoms with Gasteiger partial charge in [0, 0.05) is 48.8 Å². The van der Waals surface area contributed by atoms with Crippen molar-refractivity contribution >= 4 is 15.9 Å². The summed E-state index contributed by atoms with van der Waals surface area (Å²) in [5.74, 6) is 0.222. The Morgan fingerprint density at radius 3 is 2.61 bits per heavy atom. The number of sulfonamides is 1. The molecular weight excluding hydrogens is 476 g/mol. The molecule has 8 nitrogen and oxygen atoms in total. The average Bonchev–Trinajstić information content (AvgIpc) is 3.67. The maximum Gasteiger partial charge on any atom is 0.269 e. The Hall–Kier alpha value is -3.14. The minimum atomic E-state index is -3.55. The van der Waals surface area contributed by atoms with Crippen LogP contribution in [0.4, 0.5) is 0 Å². The van der Waals surface area contributed by atoms with Crippen LogP contribution in [0.2, 0.25) is 0 Å². The van der Waals surface area contributed by atoms with E-state index < -0.39 is 16.1 Å². The van der Waals surface area contributed by atoms with Gasteiger partial charge in [0.25, 0.3) is 5.91 Å². The average molecular weight is 507 g/mol. The lowest BCUT2D eigenvalue weighted by Gasteiger charge is -2.24. The Morgan fingerprint density at radius 1 is 1.14 bits per heavy atom. The van der Waals surface area contributed by atoms with Crippen LogP contribution >= 0.6 is 0 Å². The molecule has 3 heterocycles. The summed E-state index contributed by atoms with van der Waals surface area (Å²) in [6.07, 6.45) is 5.99. The normalized spacial score (nSPS) is 17.7. The van der Waals surface area contributed by atoms with Crippen LogP contribution in [-0.4, -0.2) is 52.6 Å². The van der Waals surface area contributed by atoms with Gasteiger partial charge in [-0.1, -0.05) is 24.3 Å². The van der Waals surface area contributed by atoms with Crippen LogP contribution in [0.25, 0.3) is 22.4 Å². The van der Waals surface area contributed by atoms with E-state index in [9.17, 15) is 18.3 Å². The minimum absolute atomic E-state index is 0.0447. The third-order valence-electron chi connectivity index (χ3n) is 6.89. The molecule has 2 aromatic heterocycles. The summed E-state index contributed by atoms with van der Waals surface area (Å²) in [7, 11) is -3.55. The second kappa shape index (κ2) is 10.1. The van der Waals surface area contributed by atoms with Crippen molar-refractivity contribution in [2.24, 2.45) is 5.92 Å². The van der Waals surface area contributed by atoms with Crippen LogP contribution < -0.4 is 5.32 Å². The zero-order valence-electron chi connectivity index (χ0n) is 20.2. The monoisotopic (exact) mass is 506 g/mol. The Balaban J connectivity index is 1.64. The summed E-state index contributed by atoms with van der Waals surface area (Å²) < 4.78 is 27.4. The van der Waals surface area contributed by atoms with E-state index >= 15 is 0 Å². The largest absolute Gasteiger partial charge is 0.396 e. The number of carbonyl (C=O) groups excluding carboxylic acids is 1. The Kier molecular flexibility index (Phi) is 6.87. The van der Waals surface area contributed by atoms with E-state index in [1.807, 2.05) is 36.4 Å². The number of hydrogen-bond acceptors (Lipinski definition) is 6. The predicted molar refractivity (Wildman–Crippen MR) is 137 cm³/mol. The van der Waals surface area contributed by atoms with E-state index in [1.165, 1.54) is 4.31 Å². The van der Waals surface area contributed by atoms with Crippen molar-refractivity contribution in [1.82, 2.24) is 19.6 Å². The van der Waals surface area contributed by atoms with Gasteiger partial charge in [-0.2, -0.15) is 4.31 Å². The highest BCUT2D eigenvalue weighted by Gasteiger charge is 2.40. The molecule has 1 aliphatic heterocycles. The Bertz CT molecular complexity index is 1370. The van der Waals surface area contributed by atoms with Crippen molar-refractivity contribution in [2.45, 2.75) is 38.8 Å². The number of nitrogens with zero attached hydrogens (tertiary/aromatic N) is 3. The number of rotatable bonds is 9. The molecule has 0 saturated heterocycles. The van der Waals surface area contributed by atoms with E-state index in [0.29, 0.717) is 18.2 Å². The molecule has 0 radical (unpaired) electrons. The highest BCUT2D eigenvalue weighted by atomic mass is 32.2. The number of fused-ring (bicyclic) bond motifs is 1. The summed E-state index contributed by atoms with van der Waals surface area (Å²) in [6, 6.07) is 12.8. The first-order valence-electron chi connectivity index (χ1n) is 12.3. The van der Waals surface area contributed by atoms with Gasteiger partial charge >= 0.3 is 0 Å². The van der Waals surface area contributed by atoms with Gasteiger partial charge in [0.1, 0.15) is 5.69 Å². The highest BCUT2D eigenvalue weighted by molar-refractivity contribution is 7.89. The number of hydrogen-bond donors (Lipinski definition) is 2. The maximum absolute atomic E-state index is 13.0. The molecule has 0 bridgehead atoms.